The highest BCUT2D eigenvalue weighted by atomic mass is 35.5. The molecule has 9 heteroatoms. The van der Waals surface area contributed by atoms with Crippen LogP contribution < -0.4 is 9.47 Å². The van der Waals surface area contributed by atoms with Crippen LogP contribution in [0.5, 0.6) is 11.5 Å². The number of carbonyl (C=O) groups is 1. The summed E-state index contributed by atoms with van der Waals surface area (Å²) in [5.41, 5.74) is 0.759. The molecular weight excluding hydrogens is 416 g/mol. The number of hydrogen-bond acceptors (Lipinski definition) is 5. The number of carbonyl (C=O) groups excluding carboxylic acids is 1. The highest BCUT2D eigenvalue weighted by Gasteiger charge is 2.30. The van der Waals surface area contributed by atoms with Crippen molar-refractivity contribution in [2.45, 2.75) is 11.3 Å². The molecule has 0 aliphatic carbocycles. The van der Waals surface area contributed by atoms with Crippen LogP contribution >= 0.6 is 11.6 Å². The van der Waals surface area contributed by atoms with Gasteiger partial charge in [-0.2, -0.15) is 4.31 Å². The minimum Gasteiger partial charge on any atom is -0.497 e. The van der Waals surface area contributed by atoms with Crippen molar-refractivity contribution in [2.24, 2.45) is 0 Å². The summed E-state index contributed by atoms with van der Waals surface area (Å²) in [7, 11) is -0.491. The lowest BCUT2D eigenvalue weighted by Crippen LogP contribution is -2.50. The zero-order valence-electron chi connectivity index (χ0n) is 16.3. The number of benzene rings is 2. The van der Waals surface area contributed by atoms with Crippen molar-refractivity contribution in [1.82, 2.24) is 9.21 Å². The molecule has 29 heavy (non-hydrogen) atoms. The molecule has 0 N–H and O–H groups in total. The van der Waals surface area contributed by atoms with E-state index in [-0.39, 0.29) is 30.3 Å². The molecule has 0 atom stereocenters. The van der Waals surface area contributed by atoms with E-state index in [1.807, 2.05) is 0 Å². The second-order valence-corrected chi connectivity index (χ2v) is 8.97. The Morgan fingerprint density at radius 1 is 1.00 bits per heavy atom. The summed E-state index contributed by atoms with van der Waals surface area (Å²) in [6.45, 7) is 1.17. The number of methoxy groups -OCH3 is 2. The van der Waals surface area contributed by atoms with Crippen molar-refractivity contribution < 1.29 is 22.7 Å². The maximum absolute atomic E-state index is 12.8. The highest BCUT2D eigenvalue weighted by molar-refractivity contribution is 7.89. The number of sulfonamides is 1. The van der Waals surface area contributed by atoms with Crippen LogP contribution in [0.2, 0.25) is 5.02 Å². The third-order valence-electron chi connectivity index (χ3n) is 4.88. The van der Waals surface area contributed by atoms with E-state index in [9.17, 15) is 13.2 Å². The van der Waals surface area contributed by atoms with Crippen molar-refractivity contribution in [3.63, 3.8) is 0 Å². The predicted molar refractivity (Wildman–Crippen MR) is 110 cm³/mol. The van der Waals surface area contributed by atoms with Crippen molar-refractivity contribution in [1.29, 1.82) is 0 Å². The van der Waals surface area contributed by atoms with Crippen molar-refractivity contribution >= 4 is 27.5 Å². The third-order valence-corrected chi connectivity index (χ3v) is 7.04. The molecule has 0 unspecified atom stereocenters. The Balaban J connectivity index is 1.63. The second kappa shape index (κ2) is 9.02. The van der Waals surface area contributed by atoms with Crippen LogP contribution in [0, 0.1) is 0 Å². The van der Waals surface area contributed by atoms with Crippen LogP contribution in [0.3, 0.4) is 0 Å². The average Bonchev–Trinajstić information content (AvgIpc) is 2.74. The highest BCUT2D eigenvalue weighted by Crippen LogP contribution is 2.26. The van der Waals surface area contributed by atoms with Gasteiger partial charge < -0.3 is 14.4 Å². The van der Waals surface area contributed by atoms with Gasteiger partial charge in [-0.1, -0.05) is 17.7 Å². The van der Waals surface area contributed by atoms with Gasteiger partial charge in [-0.25, -0.2) is 8.42 Å². The van der Waals surface area contributed by atoms with Gasteiger partial charge in [0, 0.05) is 42.8 Å². The van der Waals surface area contributed by atoms with Gasteiger partial charge in [0.25, 0.3) is 0 Å². The summed E-state index contributed by atoms with van der Waals surface area (Å²) in [5, 5.41) is 0.480. The molecule has 1 fully saturated rings. The summed E-state index contributed by atoms with van der Waals surface area (Å²) in [5.74, 6) is 1.16. The van der Waals surface area contributed by atoms with Crippen LogP contribution in [0.15, 0.2) is 47.4 Å². The number of ether oxygens (including phenoxy) is 2. The normalized spacial score (nSPS) is 15.2. The van der Waals surface area contributed by atoms with E-state index < -0.39 is 10.0 Å². The SMILES string of the molecule is COc1ccc(CC(=O)N2CCN(S(=O)(=O)c3ccc(Cl)cc3)CC2)c(OC)c1. The largest absolute Gasteiger partial charge is 0.497 e. The summed E-state index contributed by atoms with van der Waals surface area (Å²) >= 11 is 5.84. The van der Waals surface area contributed by atoms with Crippen LogP contribution in [0.25, 0.3) is 0 Å². The first-order valence-electron chi connectivity index (χ1n) is 9.09. The summed E-state index contributed by atoms with van der Waals surface area (Å²) in [4.78, 5) is 14.6. The van der Waals surface area contributed by atoms with E-state index in [4.69, 9.17) is 21.1 Å². The lowest BCUT2D eigenvalue weighted by Gasteiger charge is -2.34. The number of rotatable bonds is 6. The van der Waals surface area contributed by atoms with Gasteiger partial charge in [0.05, 0.1) is 25.5 Å². The lowest BCUT2D eigenvalue weighted by atomic mass is 10.1. The molecule has 3 rings (SSSR count). The molecule has 0 aromatic heterocycles. The first-order chi connectivity index (χ1) is 13.8. The molecule has 1 amide bonds. The number of nitrogens with zero attached hydrogens (tertiary/aromatic N) is 2. The first kappa shape index (κ1) is 21.4. The van der Waals surface area contributed by atoms with Gasteiger partial charge in [-0.3, -0.25) is 4.79 Å². The minimum absolute atomic E-state index is 0.0722. The number of piperazine rings is 1. The van der Waals surface area contributed by atoms with Crippen molar-refractivity contribution in [2.75, 3.05) is 40.4 Å². The monoisotopic (exact) mass is 438 g/mol. The molecule has 0 spiro atoms. The standard InChI is InChI=1S/C20H23ClN2O5S/c1-27-17-6-3-15(19(14-17)28-2)13-20(24)22-9-11-23(12-10-22)29(25,26)18-7-4-16(21)5-8-18/h3-8,14H,9-13H2,1-2H3. The lowest BCUT2D eigenvalue weighted by molar-refractivity contribution is -0.131. The van der Waals surface area contributed by atoms with Gasteiger partial charge in [0.2, 0.25) is 15.9 Å². The molecule has 1 saturated heterocycles. The molecule has 1 aliphatic rings. The Kier molecular flexibility index (Phi) is 6.66. The molecule has 2 aromatic carbocycles. The average molecular weight is 439 g/mol. The van der Waals surface area contributed by atoms with Crippen molar-refractivity contribution in [3.8, 4) is 11.5 Å². The summed E-state index contributed by atoms with van der Waals surface area (Å²) < 4.78 is 37.4. The van der Waals surface area contributed by atoms with E-state index >= 15 is 0 Å². The van der Waals surface area contributed by atoms with Crippen molar-refractivity contribution in [3.05, 3.63) is 53.1 Å². The molecular formula is C20H23ClN2O5S. The Hall–Kier alpha value is -2.29. The van der Waals surface area contributed by atoms with Gasteiger partial charge in [-0.05, 0) is 30.3 Å². The van der Waals surface area contributed by atoms with E-state index in [1.54, 1.807) is 49.5 Å². The molecule has 0 radical (unpaired) electrons. The summed E-state index contributed by atoms with van der Waals surface area (Å²) in [6.07, 6.45) is 0.178. The fourth-order valence-electron chi connectivity index (χ4n) is 3.21. The molecule has 1 heterocycles. The molecule has 1 aliphatic heterocycles. The van der Waals surface area contributed by atoms with E-state index in [0.29, 0.717) is 29.6 Å². The van der Waals surface area contributed by atoms with Gasteiger partial charge in [-0.15, -0.1) is 0 Å². The minimum atomic E-state index is -3.60. The molecule has 7 nitrogen and oxygen atoms in total. The maximum atomic E-state index is 12.8. The van der Waals surface area contributed by atoms with Gasteiger partial charge in [0.1, 0.15) is 11.5 Å². The first-order valence-corrected chi connectivity index (χ1v) is 10.9. The van der Waals surface area contributed by atoms with Crippen LogP contribution in [-0.4, -0.2) is 63.9 Å². The van der Waals surface area contributed by atoms with Gasteiger partial charge >= 0.3 is 0 Å². The maximum Gasteiger partial charge on any atom is 0.243 e. The number of hydrogen-bond donors (Lipinski definition) is 0. The smallest absolute Gasteiger partial charge is 0.243 e. The fraction of sp³-hybridized carbons (Fsp3) is 0.350. The van der Waals surface area contributed by atoms with Crippen LogP contribution in [0.1, 0.15) is 5.56 Å². The Morgan fingerprint density at radius 2 is 1.66 bits per heavy atom. The van der Waals surface area contributed by atoms with E-state index in [2.05, 4.69) is 0 Å². The summed E-state index contributed by atoms with van der Waals surface area (Å²) in [6, 6.07) is 11.4. The quantitative estimate of drug-likeness (QED) is 0.692. The third kappa shape index (κ3) is 4.83. The van der Waals surface area contributed by atoms with E-state index in [1.165, 1.54) is 16.4 Å². The predicted octanol–water partition coefficient (Wildman–Crippen LogP) is 2.43. The molecule has 0 saturated carbocycles. The van der Waals surface area contributed by atoms with Gasteiger partial charge in [0.15, 0.2) is 0 Å². The molecule has 156 valence electrons. The Labute approximate surface area is 175 Å². The molecule has 2 aromatic rings. The number of halogens is 1. The zero-order chi connectivity index (χ0) is 21.0. The fourth-order valence-corrected chi connectivity index (χ4v) is 4.75. The van der Waals surface area contributed by atoms with E-state index in [0.717, 1.165) is 5.56 Å². The topological polar surface area (TPSA) is 76.2 Å². The van der Waals surface area contributed by atoms with Crippen LogP contribution in [0.4, 0.5) is 0 Å². The second-order valence-electron chi connectivity index (χ2n) is 6.59. The Bertz CT molecular complexity index is 971. The van der Waals surface area contributed by atoms with Crippen LogP contribution in [-0.2, 0) is 21.2 Å². The Morgan fingerprint density at radius 3 is 2.24 bits per heavy atom. The zero-order valence-corrected chi connectivity index (χ0v) is 17.9. The molecule has 0 bridgehead atoms. The number of amides is 1.